The number of halogens is 4. The number of aromatic nitrogens is 2. The van der Waals surface area contributed by atoms with Gasteiger partial charge in [-0.05, 0) is 30.3 Å². The van der Waals surface area contributed by atoms with Crippen molar-refractivity contribution in [1.82, 2.24) is 9.55 Å². The Kier molecular flexibility index (Phi) is 5.54. The molecule has 0 aliphatic heterocycles. The minimum Gasteiger partial charge on any atom is -0.461 e. The molecule has 3 aromatic rings. The van der Waals surface area contributed by atoms with Gasteiger partial charge in [-0.1, -0.05) is 46.4 Å². The van der Waals surface area contributed by atoms with Gasteiger partial charge in [0, 0.05) is 34.1 Å². The second-order valence-electron chi connectivity index (χ2n) is 5.04. The Labute approximate surface area is 163 Å². The van der Waals surface area contributed by atoms with Crippen LogP contribution in [0.2, 0.25) is 20.1 Å². The molecule has 8 heteroatoms. The van der Waals surface area contributed by atoms with Gasteiger partial charge in [0.15, 0.2) is 0 Å². The molecular weight excluding hydrogens is 406 g/mol. The molecule has 0 saturated carbocycles. The molecule has 0 aliphatic rings. The van der Waals surface area contributed by atoms with E-state index in [1.165, 1.54) is 29.2 Å². The highest BCUT2D eigenvalue weighted by Gasteiger charge is 2.26. The van der Waals surface area contributed by atoms with Crippen LogP contribution in [0, 0.1) is 0 Å². The minimum atomic E-state index is -1.06. The summed E-state index contributed by atoms with van der Waals surface area (Å²) in [5.74, 6) is -0.109. The summed E-state index contributed by atoms with van der Waals surface area (Å²) in [5, 5.41) is 1.41. The highest BCUT2D eigenvalue weighted by atomic mass is 35.5. The lowest BCUT2D eigenvalue weighted by Gasteiger charge is -2.20. The van der Waals surface area contributed by atoms with Gasteiger partial charge in [0.25, 0.3) is 0 Å². The lowest BCUT2D eigenvalue weighted by molar-refractivity contribution is 0.0654. The van der Waals surface area contributed by atoms with E-state index in [1.807, 2.05) is 0 Å². The fourth-order valence-corrected chi connectivity index (χ4v) is 2.99. The Balaban J connectivity index is 2.01. The lowest BCUT2D eigenvalue weighted by atomic mass is 10.1. The normalized spacial score (nSPS) is 12.0. The molecule has 0 fully saturated rings. The molecule has 4 nitrogen and oxygen atoms in total. The fourth-order valence-electron chi connectivity index (χ4n) is 2.17. The third-order valence-corrected chi connectivity index (χ3v) is 4.44. The van der Waals surface area contributed by atoms with E-state index in [-0.39, 0.29) is 22.1 Å². The van der Waals surface area contributed by atoms with Gasteiger partial charge in [-0.25, -0.2) is 4.98 Å². The first-order chi connectivity index (χ1) is 12.0. The van der Waals surface area contributed by atoms with Gasteiger partial charge in [-0.3, -0.25) is 9.36 Å². The number of ketones is 1. The highest BCUT2D eigenvalue weighted by molar-refractivity contribution is 6.37. The van der Waals surface area contributed by atoms with Gasteiger partial charge in [-0.2, -0.15) is 0 Å². The van der Waals surface area contributed by atoms with Crippen molar-refractivity contribution in [2.75, 3.05) is 0 Å². The molecule has 0 saturated heterocycles. The van der Waals surface area contributed by atoms with E-state index < -0.39 is 6.23 Å². The standard InChI is InChI=1S/C17H10Cl4N2O2/c18-10-1-3-12(14(21)7-10)16(24)17(23-6-5-22-9-23)25-15-8-11(19)2-4-13(15)20/h1-9,17H. The van der Waals surface area contributed by atoms with Crippen molar-refractivity contribution in [1.29, 1.82) is 0 Å². The van der Waals surface area contributed by atoms with Crippen molar-refractivity contribution in [3.05, 3.63) is 80.8 Å². The van der Waals surface area contributed by atoms with Crippen molar-refractivity contribution < 1.29 is 9.53 Å². The first kappa shape index (κ1) is 18.1. The van der Waals surface area contributed by atoms with Gasteiger partial charge >= 0.3 is 0 Å². The first-order valence-corrected chi connectivity index (χ1v) is 8.55. The number of carbonyl (C=O) groups is 1. The highest BCUT2D eigenvalue weighted by Crippen LogP contribution is 2.32. The molecule has 0 bridgehead atoms. The summed E-state index contributed by atoms with van der Waals surface area (Å²) in [6.07, 6.45) is 3.54. The number of Topliss-reactive ketones (excluding diaryl/α,β-unsaturated/α-hetero) is 1. The molecule has 0 N–H and O–H groups in total. The molecule has 1 heterocycles. The predicted molar refractivity (Wildman–Crippen MR) is 99.1 cm³/mol. The topological polar surface area (TPSA) is 44.1 Å². The van der Waals surface area contributed by atoms with Crippen molar-refractivity contribution in [3.8, 4) is 5.75 Å². The number of hydrogen-bond acceptors (Lipinski definition) is 3. The van der Waals surface area contributed by atoms with E-state index in [2.05, 4.69) is 4.98 Å². The monoisotopic (exact) mass is 414 g/mol. The Morgan fingerprint density at radius 3 is 2.40 bits per heavy atom. The summed E-state index contributed by atoms with van der Waals surface area (Å²) < 4.78 is 7.34. The number of ether oxygens (including phenoxy) is 1. The van der Waals surface area contributed by atoms with Crippen LogP contribution in [0.15, 0.2) is 55.1 Å². The number of carbonyl (C=O) groups excluding carboxylic acids is 1. The van der Waals surface area contributed by atoms with E-state index in [0.717, 1.165) is 0 Å². The first-order valence-electron chi connectivity index (χ1n) is 7.04. The van der Waals surface area contributed by atoms with Crippen LogP contribution >= 0.6 is 46.4 Å². The summed E-state index contributed by atoms with van der Waals surface area (Å²) in [5.41, 5.74) is 0.267. The maximum atomic E-state index is 13.0. The van der Waals surface area contributed by atoms with Crippen LogP contribution in [0.1, 0.15) is 16.6 Å². The van der Waals surface area contributed by atoms with Crippen LogP contribution in [0.3, 0.4) is 0 Å². The molecule has 0 aliphatic carbocycles. The number of imidazole rings is 1. The largest absolute Gasteiger partial charge is 0.461 e. The Bertz CT molecular complexity index is 913. The molecule has 1 atom stereocenters. The van der Waals surface area contributed by atoms with E-state index >= 15 is 0 Å². The smallest absolute Gasteiger partial charge is 0.241 e. The number of hydrogen-bond donors (Lipinski definition) is 0. The van der Waals surface area contributed by atoms with Gasteiger partial charge in [-0.15, -0.1) is 0 Å². The third kappa shape index (κ3) is 4.10. The maximum absolute atomic E-state index is 13.0. The van der Waals surface area contributed by atoms with Crippen LogP contribution in [0.25, 0.3) is 0 Å². The van der Waals surface area contributed by atoms with Crippen LogP contribution in [-0.4, -0.2) is 15.3 Å². The van der Waals surface area contributed by atoms with E-state index in [1.54, 1.807) is 30.5 Å². The van der Waals surface area contributed by atoms with Crippen molar-refractivity contribution in [2.24, 2.45) is 0 Å². The zero-order valence-electron chi connectivity index (χ0n) is 12.5. The SMILES string of the molecule is O=C(c1ccc(Cl)cc1Cl)C(Oc1cc(Cl)ccc1Cl)n1ccnc1. The number of rotatable bonds is 5. The van der Waals surface area contributed by atoms with Gasteiger partial charge < -0.3 is 4.74 Å². The number of nitrogens with zero attached hydrogens (tertiary/aromatic N) is 2. The van der Waals surface area contributed by atoms with Crippen molar-refractivity contribution in [2.45, 2.75) is 6.23 Å². The Hall–Kier alpha value is -1.72. The zero-order chi connectivity index (χ0) is 18.0. The van der Waals surface area contributed by atoms with E-state index in [4.69, 9.17) is 51.1 Å². The molecule has 0 spiro atoms. The molecule has 128 valence electrons. The van der Waals surface area contributed by atoms with Crippen molar-refractivity contribution in [3.63, 3.8) is 0 Å². The summed E-state index contributed by atoms with van der Waals surface area (Å²) >= 11 is 24.2. The summed E-state index contributed by atoms with van der Waals surface area (Å²) in [6.45, 7) is 0. The summed E-state index contributed by atoms with van der Waals surface area (Å²) in [6, 6.07) is 9.36. The van der Waals surface area contributed by atoms with Crippen LogP contribution in [0.5, 0.6) is 5.75 Å². The lowest BCUT2D eigenvalue weighted by Crippen LogP contribution is -2.25. The molecule has 0 radical (unpaired) electrons. The van der Waals surface area contributed by atoms with Crippen LogP contribution in [-0.2, 0) is 0 Å². The second-order valence-corrected chi connectivity index (χ2v) is 6.73. The fraction of sp³-hybridized carbons (Fsp3) is 0.0588. The average molecular weight is 416 g/mol. The van der Waals surface area contributed by atoms with Crippen molar-refractivity contribution >= 4 is 52.2 Å². The molecular formula is C17H10Cl4N2O2. The zero-order valence-corrected chi connectivity index (χ0v) is 15.5. The molecule has 1 aromatic heterocycles. The van der Waals surface area contributed by atoms with Gasteiger partial charge in [0.1, 0.15) is 5.75 Å². The third-order valence-electron chi connectivity index (χ3n) is 3.35. The second kappa shape index (κ2) is 7.67. The molecule has 0 amide bonds. The van der Waals surface area contributed by atoms with E-state index in [0.29, 0.717) is 15.1 Å². The molecule has 3 rings (SSSR count). The molecule has 25 heavy (non-hydrogen) atoms. The summed E-state index contributed by atoms with van der Waals surface area (Å²) in [7, 11) is 0. The van der Waals surface area contributed by atoms with Crippen LogP contribution in [0.4, 0.5) is 0 Å². The van der Waals surface area contributed by atoms with Gasteiger partial charge in [0.05, 0.1) is 16.4 Å². The van der Waals surface area contributed by atoms with E-state index in [9.17, 15) is 4.79 Å². The quantitative estimate of drug-likeness (QED) is 0.483. The van der Waals surface area contributed by atoms with Gasteiger partial charge in [0.2, 0.25) is 12.0 Å². The average Bonchev–Trinajstić information content (AvgIpc) is 3.09. The number of benzene rings is 2. The summed E-state index contributed by atoms with van der Waals surface area (Å²) in [4.78, 5) is 17.0. The molecule has 2 aromatic carbocycles. The maximum Gasteiger partial charge on any atom is 0.241 e. The molecule has 1 unspecified atom stereocenters. The Morgan fingerprint density at radius 1 is 1.00 bits per heavy atom. The van der Waals surface area contributed by atoms with Crippen LogP contribution < -0.4 is 4.74 Å². The Morgan fingerprint density at radius 2 is 1.72 bits per heavy atom. The predicted octanol–water partition coefficient (Wildman–Crippen LogP) is 5.96. The minimum absolute atomic E-state index is 0.225.